The molecule has 0 aromatic carbocycles. The van der Waals surface area contributed by atoms with Crippen LogP contribution in [0.2, 0.25) is 0 Å². The minimum Gasteiger partial charge on any atom is -0.338 e. The fourth-order valence-electron chi connectivity index (χ4n) is 1.15. The van der Waals surface area contributed by atoms with E-state index < -0.39 is 0 Å². The van der Waals surface area contributed by atoms with Crippen LogP contribution in [0.1, 0.15) is 43.9 Å². The van der Waals surface area contributed by atoms with E-state index in [2.05, 4.69) is 17.1 Å². The van der Waals surface area contributed by atoms with E-state index in [1.165, 1.54) is 0 Å². The Kier molecular flexibility index (Phi) is 4.97. The lowest BCUT2D eigenvalue weighted by Crippen LogP contribution is -2.10. The van der Waals surface area contributed by atoms with E-state index in [1.54, 1.807) is 11.8 Å². The quantitative estimate of drug-likeness (QED) is 0.787. The van der Waals surface area contributed by atoms with Gasteiger partial charge in [0.1, 0.15) is 0 Å². The maximum absolute atomic E-state index is 5.89. The fraction of sp³-hybridized carbons (Fsp3) is 0.778. The van der Waals surface area contributed by atoms with Crippen LogP contribution in [0.25, 0.3) is 0 Å². The smallest absolute Gasteiger partial charge is 0.243 e. The lowest BCUT2D eigenvalue weighted by molar-refractivity contribution is 0.343. The van der Waals surface area contributed by atoms with Gasteiger partial charge >= 0.3 is 0 Å². The van der Waals surface area contributed by atoms with Crippen LogP contribution in [0.15, 0.2) is 4.52 Å². The van der Waals surface area contributed by atoms with Crippen LogP contribution < -0.4 is 5.73 Å². The number of nitrogens with zero attached hydrogens (tertiary/aromatic N) is 2. The van der Waals surface area contributed by atoms with Crippen molar-refractivity contribution in [2.24, 2.45) is 5.73 Å². The Labute approximate surface area is 88.6 Å². The van der Waals surface area contributed by atoms with Gasteiger partial charge in [-0.1, -0.05) is 24.9 Å². The summed E-state index contributed by atoms with van der Waals surface area (Å²) in [7, 11) is 0. The molecule has 1 aromatic rings. The maximum atomic E-state index is 5.89. The molecule has 0 aliphatic carbocycles. The molecular weight excluding hydrogens is 198 g/mol. The van der Waals surface area contributed by atoms with E-state index in [9.17, 15) is 0 Å². The first kappa shape index (κ1) is 11.5. The molecule has 0 fully saturated rings. The lowest BCUT2D eigenvalue weighted by Gasteiger charge is -2.03. The maximum Gasteiger partial charge on any atom is 0.243 e. The van der Waals surface area contributed by atoms with Crippen LogP contribution in [0, 0.1) is 0 Å². The van der Waals surface area contributed by atoms with Crippen molar-refractivity contribution in [2.45, 2.75) is 38.0 Å². The first-order valence-electron chi connectivity index (χ1n) is 4.85. The van der Waals surface area contributed by atoms with Crippen molar-refractivity contribution >= 4 is 11.8 Å². The second kappa shape index (κ2) is 6.03. The highest BCUT2D eigenvalue weighted by Gasteiger charge is 2.13. The molecule has 1 heterocycles. The predicted molar refractivity (Wildman–Crippen MR) is 58.0 cm³/mol. The standard InChI is InChI=1S/C9H17N3OS/c1-3-4-5-7(10)9-11-8(6-14-2)12-13-9/h7H,3-6,10H2,1-2H3/t7-/m0/s1. The highest BCUT2D eigenvalue weighted by molar-refractivity contribution is 7.97. The predicted octanol–water partition coefficient (Wildman–Crippen LogP) is 2.12. The van der Waals surface area contributed by atoms with Crippen LogP contribution in [-0.2, 0) is 5.75 Å². The summed E-state index contributed by atoms with van der Waals surface area (Å²) in [5.74, 6) is 2.09. The van der Waals surface area contributed by atoms with Crippen LogP contribution >= 0.6 is 11.8 Å². The summed E-state index contributed by atoms with van der Waals surface area (Å²) >= 11 is 1.67. The summed E-state index contributed by atoms with van der Waals surface area (Å²) < 4.78 is 5.08. The van der Waals surface area contributed by atoms with Gasteiger partial charge in [0.2, 0.25) is 5.89 Å². The van der Waals surface area contributed by atoms with Crippen LogP contribution in [0.5, 0.6) is 0 Å². The molecule has 4 nitrogen and oxygen atoms in total. The Bertz CT molecular complexity index is 264. The molecule has 1 aromatic heterocycles. The van der Waals surface area contributed by atoms with E-state index in [0.717, 1.165) is 30.8 Å². The lowest BCUT2D eigenvalue weighted by atomic mass is 10.1. The van der Waals surface area contributed by atoms with Gasteiger partial charge in [0.25, 0.3) is 0 Å². The SMILES string of the molecule is CCCC[C@H](N)c1nc(CSC)no1. The van der Waals surface area contributed by atoms with Gasteiger partial charge in [-0.15, -0.1) is 0 Å². The molecule has 1 atom stereocenters. The molecule has 2 N–H and O–H groups in total. The van der Waals surface area contributed by atoms with Crippen LogP contribution in [-0.4, -0.2) is 16.4 Å². The zero-order valence-corrected chi connectivity index (χ0v) is 9.51. The zero-order chi connectivity index (χ0) is 10.4. The van der Waals surface area contributed by atoms with Gasteiger partial charge in [0.15, 0.2) is 5.82 Å². The van der Waals surface area contributed by atoms with Gasteiger partial charge in [0, 0.05) is 0 Å². The first-order valence-corrected chi connectivity index (χ1v) is 6.24. The van der Waals surface area contributed by atoms with Gasteiger partial charge in [-0.2, -0.15) is 16.7 Å². The normalized spacial score (nSPS) is 13.1. The number of hydrogen-bond donors (Lipinski definition) is 1. The topological polar surface area (TPSA) is 64.9 Å². The molecule has 0 spiro atoms. The molecule has 5 heteroatoms. The zero-order valence-electron chi connectivity index (χ0n) is 8.69. The van der Waals surface area contributed by atoms with Crippen LogP contribution in [0.4, 0.5) is 0 Å². The number of thioether (sulfide) groups is 1. The van der Waals surface area contributed by atoms with Gasteiger partial charge in [0.05, 0.1) is 11.8 Å². The van der Waals surface area contributed by atoms with Crippen molar-refractivity contribution in [2.75, 3.05) is 6.26 Å². The molecule has 0 saturated heterocycles. The Morgan fingerprint density at radius 1 is 1.57 bits per heavy atom. The van der Waals surface area contributed by atoms with Gasteiger partial charge in [-0.25, -0.2) is 0 Å². The monoisotopic (exact) mass is 215 g/mol. The fourth-order valence-corrected chi connectivity index (χ4v) is 1.53. The van der Waals surface area contributed by atoms with Crippen molar-refractivity contribution in [1.82, 2.24) is 10.1 Å². The summed E-state index contributed by atoms with van der Waals surface area (Å²) in [4.78, 5) is 4.23. The summed E-state index contributed by atoms with van der Waals surface area (Å²) in [5, 5.41) is 3.85. The number of rotatable bonds is 6. The third-order valence-electron chi connectivity index (χ3n) is 1.94. The first-order chi connectivity index (χ1) is 6.77. The van der Waals surface area contributed by atoms with Crippen molar-refractivity contribution < 1.29 is 4.52 Å². The minimum absolute atomic E-state index is 0.0990. The Morgan fingerprint density at radius 2 is 2.36 bits per heavy atom. The van der Waals surface area contributed by atoms with Gasteiger partial charge in [-0.3, -0.25) is 0 Å². The van der Waals surface area contributed by atoms with Crippen LogP contribution in [0.3, 0.4) is 0 Å². The Hall–Kier alpha value is -0.550. The second-order valence-electron chi connectivity index (χ2n) is 3.23. The van der Waals surface area contributed by atoms with E-state index in [4.69, 9.17) is 10.3 Å². The number of nitrogens with two attached hydrogens (primary N) is 1. The molecule has 0 unspecified atom stereocenters. The highest BCUT2D eigenvalue weighted by Crippen LogP contribution is 2.15. The van der Waals surface area contributed by atoms with Gasteiger partial charge < -0.3 is 10.3 Å². The molecule has 0 aliphatic rings. The van der Waals surface area contributed by atoms with Crippen molar-refractivity contribution in [3.63, 3.8) is 0 Å². The third kappa shape index (κ3) is 3.31. The average molecular weight is 215 g/mol. The molecule has 0 aliphatic heterocycles. The number of unbranched alkanes of at least 4 members (excludes halogenated alkanes) is 1. The summed E-state index contributed by atoms with van der Waals surface area (Å²) in [6.07, 6.45) is 5.16. The molecule has 0 saturated carbocycles. The van der Waals surface area contributed by atoms with E-state index >= 15 is 0 Å². The van der Waals surface area contributed by atoms with E-state index in [1.807, 2.05) is 6.26 Å². The van der Waals surface area contributed by atoms with E-state index in [-0.39, 0.29) is 6.04 Å². The molecule has 0 bridgehead atoms. The number of hydrogen-bond acceptors (Lipinski definition) is 5. The minimum atomic E-state index is -0.0990. The van der Waals surface area contributed by atoms with Crippen molar-refractivity contribution in [3.05, 3.63) is 11.7 Å². The van der Waals surface area contributed by atoms with Crippen molar-refractivity contribution in [1.29, 1.82) is 0 Å². The Balaban J connectivity index is 2.48. The molecule has 80 valence electrons. The molecular formula is C9H17N3OS. The second-order valence-corrected chi connectivity index (χ2v) is 4.10. The molecule has 0 amide bonds. The largest absolute Gasteiger partial charge is 0.338 e. The highest BCUT2D eigenvalue weighted by atomic mass is 32.2. The summed E-state index contributed by atoms with van der Waals surface area (Å²) in [6, 6.07) is -0.0990. The summed E-state index contributed by atoms with van der Waals surface area (Å²) in [6.45, 7) is 2.14. The molecule has 0 radical (unpaired) electrons. The third-order valence-corrected chi connectivity index (χ3v) is 2.49. The number of aromatic nitrogens is 2. The molecule has 14 heavy (non-hydrogen) atoms. The van der Waals surface area contributed by atoms with E-state index in [0.29, 0.717) is 5.89 Å². The average Bonchev–Trinajstić information content (AvgIpc) is 2.63. The van der Waals surface area contributed by atoms with Gasteiger partial charge in [-0.05, 0) is 12.7 Å². The molecule has 1 rings (SSSR count). The van der Waals surface area contributed by atoms with Crippen molar-refractivity contribution in [3.8, 4) is 0 Å². The Morgan fingerprint density at radius 3 is 3.00 bits per heavy atom. The summed E-state index contributed by atoms with van der Waals surface area (Å²) in [5.41, 5.74) is 5.89.